The minimum atomic E-state index is -3.73. The summed E-state index contributed by atoms with van der Waals surface area (Å²) >= 11 is 0. The van der Waals surface area contributed by atoms with Gasteiger partial charge in [0.25, 0.3) is 5.56 Å². The van der Waals surface area contributed by atoms with Crippen LogP contribution in [0.1, 0.15) is 11.5 Å². The van der Waals surface area contributed by atoms with Crippen molar-refractivity contribution >= 4 is 32.4 Å². The normalized spacial score (nSPS) is 11.5. The fourth-order valence-corrected chi connectivity index (χ4v) is 4.24. The summed E-state index contributed by atoms with van der Waals surface area (Å²) in [6.45, 7) is 0.0361. The molecule has 0 aliphatic heterocycles. The minimum Gasteiger partial charge on any atom is -0.468 e. The summed E-state index contributed by atoms with van der Waals surface area (Å²) in [4.78, 5) is 24.8. The first kappa shape index (κ1) is 21.5. The molecule has 0 saturated carbocycles. The van der Waals surface area contributed by atoms with Gasteiger partial charge in [0, 0.05) is 18.1 Å². The maximum absolute atomic E-state index is 12.6. The second-order valence-electron chi connectivity index (χ2n) is 7.07. The first-order chi connectivity index (χ1) is 15.3. The van der Waals surface area contributed by atoms with Crippen molar-refractivity contribution in [3.8, 4) is 0 Å². The summed E-state index contributed by atoms with van der Waals surface area (Å²) in [6, 6.07) is 16.1. The summed E-state index contributed by atoms with van der Waals surface area (Å²) in [5.74, 6) is 0.157. The number of hydrogen-bond acceptors (Lipinski definition) is 6. The van der Waals surface area contributed by atoms with Crippen LogP contribution >= 0.6 is 0 Å². The topological polar surface area (TPSA) is 123 Å². The van der Waals surface area contributed by atoms with Crippen LogP contribution in [0.3, 0.4) is 0 Å². The molecular weight excluding hydrogens is 432 g/mol. The molecule has 2 aromatic heterocycles. The van der Waals surface area contributed by atoms with Crippen LogP contribution < -0.4 is 15.6 Å². The maximum atomic E-state index is 12.6. The van der Waals surface area contributed by atoms with E-state index < -0.39 is 10.0 Å². The molecular formula is C22H20N4O5S. The van der Waals surface area contributed by atoms with Gasteiger partial charge in [0.15, 0.2) is 0 Å². The Kier molecular flexibility index (Phi) is 5.89. The van der Waals surface area contributed by atoms with E-state index in [-0.39, 0.29) is 29.3 Å². The molecule has 0 saturated heterocycles. The fourth-order valence-electron chi connectivity index (χ4n) is 3.24. The molecule has 0 aliphatic rings. The van der Waals surface area contributed by atoms with E-state index in [9.17, 15) is 18.0 Å². The summed E-state index contributed by atoms with van der Waals surface area (Å²) in [5.41, 5.74) is 0.679. The number of aryl methyl sites for hydroxylation is 1. The van der Waals surface area contributed by atoms with Crippen molar-refractivity contribution in [1.82, 2.24) is 14.5 Å². The number of sulfonamides is 1. The molecule has 4 rings (SSSR count). The number of hydrogen-bond donors (Lipinski definition) is 2. The van der Waals surface area contributed by atoms with Gasteiger partial charge < -0.3 is 9.73 Å². The predicted molar refractivity (Wildman–Crippen MR) is 118 cm³/mol. The van der Waals surface area contributed by atoms with Crippen LogP contribution in [0.25, 0.3) is 10.8 Å². The van der Waals surface area contributed by atoms with Gasteiger partial charge in [0.05, 0.1) is 35.2 Å². The average molecular weight is 452 g/mol. The van der Waals surface area contributed by atoms with Gasteiger partial charge >= 0.3 is 0 Å². The molecule has 0 radical (unpaired) electrons. The number of nitrogens with zero attached hydrogens (tertiary/aromatic N) is 2. The van der Waals surface area contributed by atoms with Crippen molar-refractivity contribution in [2.24, 2.45) is 7.05 Å². The van der Waals surface area contributed by atoms with Crippen LogP contribution in [0.2, 0.25) is 0 Å². The van der Waals surface area contributed by atoms with Gasteiger partial charge in [-0.15, -0.1) is 0 Å². The number of nitrogens with one attached hydrogen (secondary N) is 2. The minimum absolute atomic E-state index is 0.0361. The molecule has 1 amide bonds. The lowest BCUT2D eigenvalue weighted by atomic mass is 10.1. The fraction of sp³-hybridized carbons (Fsp3) is 0.136. The highest BCUT2D eigenvalue weighted by Gasteiger charge is 2.16. The third-order valence-corrected chi connectivity index (χ3v) is 6.24. The highest BCUT2D eigenvalue weighted by atomic mass is 32.2. The van der Waals surface area contributed by atoms with Gasteiger partial charge in [-0.1, -0.05) is 18.2 Å². The maximum Gasteiger partial charge on any atom is 0.274 e. The molecule has 4 aromatic rings. The number of fused-ring (bicyclic) bond motifs is 1. The Bertz CT molecular complexity index is 1430. The molecule has 164 valence electrons. The first-order valence-electron chi connectivity index (χ1n) is 9.70. The van der Waals surface area contributed by atoms with E-state index in [4.69, 9.17) is 4.42 Å². The molecule has 0 spiro atoms. The highest BCUT2D eigenvalue weighted by molar-refractivity contribution is 7.89. The van der Waals surface area contributed by atoms with Gasteiger partial charge in [-0.2, -0.15) is 5.10 Å². The van der Waals surface area contributed by atoms with Crippen LogP contribution in [-0.4, -0.2) is 24.1 Å². The van der Waals surface area contributed by atoms with Crippen molar-refractivity contribution < 1.29 is 17.6 Å². The lowest BCUT2D eigenvalue weighted by Crippen LogP contribution is -2.24. The first-order valence-corrected chi connectivity index (χ1v) is 11.2. The van der Waals surface area contributed by atoms with Gasteiger partial charge in [0.2, 0.25) is 15.9 Å². The number of benzene rings is 2. The molecule has 10 heteroatoms. The van der Waals surface area contributed by atoms with Crippen molar-refractivity contribution in [2.45, 2.75) is 17.9 Å². The Morgan fingerprint density at radius 2 is 1.75 bits per heavy atom. The highest BCUT2D eigenvalue weighted by Crippen LogP contribution is 2.17. The van der Waals surface area contributed by atoms with Crippen LogP contribution in [-0.2, 0) is 34.8 Å². The van der Waals surface area contributed by atoms with Gasteiger partial charge in [-0.3, -0.25) is 9.59 Å². The molecule has 2 heterocycles. The van der Waals surface area contributed by atoms with Gasteiger partial charge in [-0.25, -0.2) is 17.8 Å². The van der Waals surface area contributed by atoms with Crippen LogP contribution in [0, 0.1) is 0 Å². The largest absolute Gasteiger partial charge is 0.468 e. The standard InChI is InChI=1S/C22H20N4O5S/c1-26-22(28)19-7-3-2-6-18(19)20(25-26)13-21(27)24-15-8-10-17(11-9-15)32(29,30)23-14-16-5-4-12-31-16/h2-12,23H,13-14H2,1H3,(H,24,27). The molecule has 32 heavy (non-hydrogen) atoms. The second kappa shape index (κ2) is 8.77. The van der Waals surface area contributed by atoms with Crippen LogP contribution in [0.15, 0.2) is 81.0 Å². The van der Waals surface area contributed by atoms with E-state index in [0.717, 1.165) is 0 Å². The third-order valence-electron chi connectivity index (χ3n) is 4.83. The summed E-state index contributed by atoms with van der Waals surface area (Å²) in [5, 5.41) is 8.05. The molecule has 0 unspecified atom stereocenters. The number of carbonyl (C=O) groups excluding carboxylic acids is 1. The smallest absolute Gasteiger partial charge is 0.274 e. The number of furan rings is 1. The zero-order valence-electron chi connectivity index (χ0n) is 17.1. The predicted octanol–water partition coefficient (Wildman–Crippen LogP) is 2.19. The van der Waals surface area contributed by atoms with Crippen LogP contribution in [0.4, 0.5) is 5.69 Å². The number of carbonyl (C=O) groups is 1. The average Bonchev–Trinajstić information content (AvgIpc) is 3.30. The van der Waals surface area contributed by atoms with Crippen molar-refractivity contribution in [2.75, 3.05) is 5.32 Å². The zero-order chi connectivity index (χ0) is 22.7. The number of aromatic nitrogens is 2. The van der Waals surface area contributed by atoms with E-state index in [2.05, 4.69) is 15.1 Å². The monoisotopic (exact) mass is 452 g/mol. The Morgan fingerprint density at radius 1 is 1.03 bits per heavy atom. The molecule has 9 nitrogen and oxygen atoms in total. The summed E-state index contributed by atoms with van der Waals surface area (Å²) in [7, 11) is -2.19. The molecule has 0 atom stereocenters. The van der Waals surface area contributed by atoms with Crippen molar-refractivity contribution in [1.29, 1.82) is 0 Å². The van der Waals surface area contributed by atoms with Gasteiger partial charge in [0.1, 0.15) is 5.76 Å². The lowest BCUT2D eigenvalue weighted by Gasteiger charge is -2.10. The molecule has 0 bridgehead atoms. The zero-order valence-corrected chi connectivity index (χ0v) is 17.9. The SMILES string of the molecule is Cn1nc(CC(=O)Nc2ccc(S(=O)(=O)NCc3ccco3)cc2)c2ccccc2c1=O. The lowest BCUT2D eigenvalue weighted by molar-refractivity contribution is -0.115. The Hall–Kier alpha value is -3.76. The summed E-state index contributed by atoms with van der Waals surface area (Å²) < 4.78 is 33.6. The quantitative estimate of drug-likeness (QED) is 0.443. The van der Waals surface area contributed by atoms with E-state index >= 15 is 0 Å². The van der Waals surface area contributed by atoms with Crippen molar-refractivity contribution in [3.05, 3.63) is 88.7 Å². The van der Waals surface area contributed by atoms with E-state index in [1.807, 2.05) is 0 Å². The number of rotatable bonds is 7. The van der Waals surface area contributed by atoms with Gasteiger partial charge in [-0.05, 0) is 42.5 Å². The third kappa shape index (κ3) is 4.61. The molecule has 2 aromatic carbocycles. The summed E-state index contributed by atoms with van der Waals surface area (Å²) in [6.07, 6.45) is 1.42. The molecule has 2 N–H and O–H groups in total. The number of anilines is 1. The second-order valence-corrected chi connectivity index (χ2v) is 8.84. The molecule has 0 fully saturated rings. The van der Waals surface area contributed by atoms with Crippen molar-refractivity contribution in [3.63, 3.8) is 0 Å². The van der Waals surface area contributed by atoms with E-state index in [0.29, 0.717) is 27.9 Å². The van der Waals surface area contributed by atoms with E-state index in [1.165, 1.54) is 42.3 Å². The Balaban J connectivity index is 1.45. The molecule has 0 aliphatic carbocycles. The number of amides is 1. The Labute approximate surface area is 183 Å². The van der Waals surface area contributed by atoms with Crippen LogP contribution in [0.5, 0.6) is 0 Å². The Morgan fingerprint density at radius 3 is 2.44 bits per heavy atom. The van der Waals surface area contributed by atoms with E-state index in [1.54, 1.807) is 36.4 Å².